The maximum absolute atomic E-state index is 12.9. The number of carbonyl (C=O) groups is 1. The Hall–Kier alpha value is -3.03. The van der Waals surface area contributed by atoms with Gasteiger partial charge in [-0.25, -0.2) is 9.97 Å². The van der Waals surface area contributed by atoms with E-state index in [9.17, 15) is 4.79 Å². The molecule has 2 aromatic carbocycles. The predicted molar refractivity (Wildman–Crippen MR) is 106 cm³/mol. The Morgan fingerprint density at radius 2 is 1.96 bits per heavy atom. The quantitative estimate of drug-likeness (QED) is 0.486. The molecule has 5 aromatic rings. The van der Waals surface area contributed by atoms with E-state index >= 15 is 0 Å². The lowest BCUT2D eigenvalue weighted by Crippen LogP contribution is -2.13. The minimum Gasteiger partial charge on any atom is -0.306 e. The predicted octanol–water partition coefficient (Wildman–Crippen LogP) is 4.92. The summed E-state index contributed by atoms with van der Waals surface area (Å²) < 4.78 is 2.91. The van der Waals surface area contributed by atoms with Crippen molar-refractivity contribution in [3.8, 4) is 11.3 Å². The monoisotopic (exact) mass is 376 g/mol. The molecule has 0 unspecified atom stereocenters. The van der Waals surface area contributed by atoms with Gasteiger partial charge in [-0.2, -0.15) is 0 Å². The Kier molecular flexibility index (Phi) is 3.55. The number of imidazole rings is 1. The van der Waals surface area contributed by atoms with Gasteiger partial charge in [-0.05, 0) is 18.2 Å². The molecule has 3 aromatic heterocycles. The van der Waals surface area contributed by atoms with E-state index in [1.807, 2.05) is 58.4 Å². The maximum atomic E-state index is 12.9. The molecule has 1 amide bonds. The highest BCUT2D eigenvalue weighted by Gasteiger charge is 2.18. The fourth-order valence-corrected chi connectivity index (χ4v) is 4.31. The van der Waals surface area contributed by atoms with Crippen molar-refractivity contribution in [2.45, 2.75) is 0 Å². The van der Waals surface area contributed by atoms with Crippen LogP contribution in [-0.2, 0) is 0 Å². The molecule has 0 aliphatic rings. The molecule has 5 rings (SSSR count). The number of amides is 1. The first-order valence-electron chi connectivity index (χ1n) is 7.95. The topological polar surface area (TPSA) is 59.3 Å². The van der Waals surface area contributed by atoms with Gasteiger partial charge in [-0.1, -0.05) is 30.3 Å². The third-order valence-corrected chi connectivity index (χ3v) is 5.68. The number of nitrogens with zero attached hydrogens (tertiary/aromatic N) is 3. The van der Waals surface area contributed by atoms with Crippen molar-refractivity contribution in [2.75, 3.05) is 5.32 Å². The van der Waals surface area contributed by atoms with Gasteiger partial charge in [0.25, 0.3) is 5.91 Å². The van der Waals surface area contributed by atoms with Crippen molar-refractivity contribution in [1.29, 1.82) is 0 Å². The zero-order chi connectivity index (χ0) is 17.5. The van der Waals surface area contributed by atoms with E-state index in [4.69, 9.17) is 4.98 Å². The number of anilines is 1. The van der Waals surface area contributed by atoms with Crippen LogP contribution in [-0.4, -0.2) is 20.3 Å². The van der Waals surface area contributed by atoms with Gasteiger partial charge in [-0.3, -0.25) is 9.20 Å². The van der Waals surface area contributed by atoms with Crippen LogP contribution in [0.3, 0.4) is 0 Å². The Morgan fingerprint density at radius 3 is 2.85 bits per heavy atom. The second kappa shape index (κ2) is 6.05. The van der Waals surface area contributed by atoms with Crippen LogP contribution < -0.4 is 5.32 Å². The van der Waals surface area contributed by atoms with Crippen LogP contribution in [0.4, 0.5) is 5.82 Å². The van der Waals surface area contributed by atoms with E-state index in [0.29, 0.717) is 11.4 Å². The van der Waals surface area contributed by atoms with Gasteiger partial charge in [0.15, 0.2) is 4.96 Å². The maximum Gasteiger partial charge on any atom is 0.256 e. The molecule has 0 spiro atoms. The lowest BCUT2D eigenvalue weighted by Gasteiger charge is -2.07. The summed E-state index contributed by atoms with van der Waals surface area (Å²) in [6, 6.07) is 15.4. The number of benzene rings is 2. The average molecular weight is 376 g/mol. The van der Waals surface area contributed by atoms with Crippen molar-refractivity contribution < 1.29 is 4.79 Å². The van der Waals surface area contributed by atoms with Crippen LogP contribution in [0, 0.1) is 0 Å². The standard InChI is InChI=1S/C19H12N4OS2/c24-18(13-6-7-14-15(10-13)26-11-20-14)22-17-16(12-4-2-1-3-5-12)21-19-23(17)8-9-25-19/h1-11H,(H,22,24). The summed E-state index contributed by atoms with van der Waals surface area (Å²) in [6.45, 7) is 0. The minimum absolute atomic E-state index is 0.162. The molecule has 1 N–H and O–H groups in total. The van der Waals surface area contributed by atoms with E-state index in [-0.39, 0.29) is 5.91 Å². The van der Waals surface area contributed by atoms with Gasteiger partial charge in [0.05, 0.1) is 15.7 Å². The highest BCUT2D eigenvalue weighted by atomic mass is 32.1. The second-order valence-electron chi connectivity index (χ2n) is 5.72. The fraction of sp³-hybridized carbons (Fsp3) is 0. The van der Waals surface area contributed by atoms with Gasteiger partial charge in [0.1, 0.15) is 11.5 Å². The Morgan fingerprint density at radius 1 is 1.08 bits per heavy atom. The van der Waals surface area contributed by atoms with E-state index in [0.717, 1.165) is 26.4 Å². The van der Waals surface area contributed by atoms with Crippen LogP contribution in [0.2, 0.25) is 0 Å². The SMILES string of the molecule is O=C(Nc1c(-c2ccccc2)nc2sccn12)c1ccc2ncsc2c1. The first-order chi connectivity index (χ1) is 12.8. The summed E-state index contributed by atoms with van der Waals surface area (Å²) >= 11 is 3.06. The Labute approximate surface area is 156 Å². The lowest BCUT2D eigenvalue weighted by molar-refractivity contribution is 0.102. The van der Waals surface area contributed by atoms with Crippen LogP contribution in [0.15, 0.2) is 65.6 Å². The number of thiazole rings is 2. The molecule has 3 heterocycles. The molecule has 0 radical (unpaired) electrons. The Balaban J connectivity index is 1.58. The molecule has 7 heteroatoms. The summed E-state index contributed by atoms with van der Waals surface area (Å²) in [6.07, 6.45) is 1.92. The molecular formula is C19H12N4OS2. The van der Waals surface area contributed by atoms with Crippen molar-refractivity contribution in [1.82, 2.24) is 14.4 Å². The number of nitrogens with one attached hydrogen (secondary N) is 1. The number of hydrogen-bond acceptors (Lipinski definition) is 5. The van der Waals surface area contributed by atoms with E-state index in [1.165, 1.54) is 22.7 Å². The number of rotatable bonds is 3. The van der Waals surface area contributed by atoms with Crippen LogP contribution in [0.25, 0.3) is 26.4 Å². The number of aromatic nitrogens is 3. The minimum atomic E-state index is -0.162. The molecular weight excluding hydrogens is 364 g/mol. The average Bonchev–Trinajstić information content (AvgIpc) is 3.38. The summed E-state index contributed by atoms with van der Waals surface area (Å²) in [7, 11) is 0. The second-order valence-corrected chi connectivity index (χ2v) is 7.48. The highest BCUT2D eigenvalue weighted by molar-refractivity contribution is 7.16. The summed E-state index contributed by atoms with van der Waals surface area (Å²) in [5.41, 5.74) is 5.03. The first kappa shape index (κ1) is 15.2. The molecule has 0 fully saturated rings. The van der Waals surface area contributed by atoms with Crippen molar-refractivity contribution in [3.63, 3.8) is 0 Å². The zero-order valence-corrected chi connectivity index (χ0v) is 15.1. The molecule has 0 aliphatic carbocycles. The molecule has 0 saturated heterocycles. The van der Waals surface area contributed by atoms with Gasteiger partial charge in [0.2, 0.25) is 0 Å². The number of fused-ring (bicyclic) bond motifs is 2. The normalized spacial score (nSPS) is 11.2. The largest absolute Gasteiger partial charge is 0.306 e. The van der Waals surface area contributed by atoms with Gasteiger partial charge in [0, 0.05) is 22.7 Å². The lowest BCUT2D eigenvalue weighted by atomic mass is 10.1. The Bertz CT molecular complexity index is 1240. The van der Waals surface area contributed by atoms with Crippen molar-refractivity contribution >= 4 is 49.6 Å². The summed E-state index contributed by atoms with van der Waals surface area (Å²) in [5, 5.41) is 5.00. The third kappa shape index (κ3) is 2.49. The van der Waals surface area contributed by atoms with Crippen molar-refractivity contribution in [2.24, 2.45) is 0 Å². The fourth-order valence-electron chi connectivity index (χ4n) is 2.88. The van der Waals surface area contributed by atoms with Crippen LogP contribution >= 0.6 is 22.7 Å². The van der Waals surface area contributed by atoms with E-state index in [2.05, 4.69) is 10.3 Å². The molecule has 126 valence electrons. The zero-order valence-electron chi connectivity index (χ0n) is 13.4. The third-order valence-electron chi connectivity index (χ3n) is 4.13. The highest BCUT2D eigenvalue weighted by Crippen LogP contribution is 2.31. The number of hydrogen-bond donors (Lipinski definition) is 1. The summed E-state index contributed by atoms with van der Waals surface area (Å²) in [4.78, 5) is 22.7. The van der Waals surface area contributed by atoms with Gasteiger partial charge >= 0.3 is 0 Å². The molecule has 0 bridgehead atoms. The molecule has 0 atom stereocenters. The van der Waals surface area contributed by atoms with Crippen LogP contribution in [0.1, 0.15) is 10.4 Å². The van der Waals surface area contributed by atoms with Crippen molar-refractivity contribution in [3.05, 3.63) is 71.2 Å². The molecule has 0 aliphatic heterocycles. The molecule has 5 nitrogen and oxygen atoms in total. The molecule has 0 saturated carbocycles. The van der Waals surface area contributed by atoms with Gasteiger partial charge < -0.3 is 5.32 Å². The molecule has 26 heavy (non-hydrogen) atoms. The van der Waals surface area contributed by atoms with Crippen LogP contribution in [0.5, 0.6) is 0 Å². The van der Waals surface area contributed by atoms with Gasteiger partial charge in [-0.15, -0.1) is 22.7 Å². The number of carbonyl (C=O) groups excluding carboxylic acids is 1. The van der Waals surface area contributed by atoms with E-state index in [1.54, 1.807) is 11.6 Å². The smallest absolute Gasteiger partial charge is 0.256 e. The van der Waals surface area contributed by atoms with E-state index < -0.39 is 0 Å². The first-order valence-corrected chi connectivity index (χ1v) is 9.71. The summed E-state index contributed by atoms with van der Waals surface area (Å²) in [5.74, 6) is 0.521.